The Bertz CT molecular complexity index is 1010. The zero-order valence-corrected chi connectivity index (χ0v) is 17.3. The standard InChI is InChI=1S/C20H27N7O3/c1-4-13(7-6-10-28)24-19(29)14-12-23-27-17(21-2)11-16(26-18(14)27)25-15-8-5-9-22-20(15)30-3/h5,8-9,11-13,21,28H,4,6-7,10H2,1-3H3,(H,24,29)(H,25,26). The molecule has 3 heterocycles. The van der Waals surface area contributed by atoms with Crippen LogP contribution < -0.4 is 20.7 Å². The molecule has 0 saturated carbocycles. The fourth-order valence-corrected chi connectivity index (χ4v) is 3.13. The van der Waals surface area contributed by atoms with Gasteiger partial charge in [-0.1, -0.05) is 6.92 Å². The number of aliphatic hydroxyl groups excluding tert-OH is 1. The summed E-state index contributed by atoms with van der Waals surface area (Å²) in [7, 11) is 3.32. The number of nitrogens with zero attached hydrogens (tertiary/aromatic N) is 4. The van der Waals surface area contributed by atoms with E-state index in [9.17, 15) is 4.79 Å². The number of ether oxygens (including phenoxy) is 1. The molecule has 3 aromatic heterocycles. The lowest BCUT2D eigenvalue weighted by Crippen LogP contribution is -2.34. The summed E-state index contributed by atoms with van der Waals surface area (Å²) < 4.78 is 6.86. The van der Waals surface area contributed by atoms with Crippen molar-refractivity contribution in [2.75, 3.05) is 31.4 Å². The zero-order valence-electron chi connectivity index (χ0n) is 17.3. The molecule has 3 aromatic rings. The molecule has 1 amide bonds. The third-order valence-electron chi connectivity index (χ3n) is 4.74. The molecule has 10 nitrogen and oxygen atoms in total. The molecule has 0 aliphatic rings. The first-order valence-corrected chi connectivity index (χ1v) is 9.85. The van der Waals surface area contributed by atoms with E-state index in [0.717, 1.165) is 6.42 Å². The van der Waals surface area contributed by atoms with Crippen molar-refractivity contribution in [3.05, 3.63) is 36.2 Å². The maximum atomic E-state index is 12.9. The molecule has 3 rings (SSSR count). The van der Waals surface area contributed by atoms with Crippen LogP contribution in [-0.4, -0.2) is 57.4 Å². The molecule has 0 spiro atoms. The van der Waals surface area contributed by atoms with Crippen LogP contribution in [0, 0.1) is 0 Å². The first kappa shape index (κ1) is 21.3. The molecule has 0 saturated heterocycles. The molecule has 4 N–H and O–H groups in total. The quantitative estimate of drug-likeness (QED) is 0.399. The van der Waals surface area contributed by atoms with Gasteiger partial charge in [-0.2, -0.15) is 9.61 Å². The van der Waals surface area contributed by atoms with Gasteiger partial charge in [0.1, 0.15) is 22.9 Å². The summed E-state index contributed by atoms with van der Waals surface area (Å²) >= 11 is 0. The van der Waals surface area contributed by atoms with Crippen LogP contribution in [0.2, 0.25) is 0 Å². The lowest BCUT2D eigenvalue weighted by atomic mass is 10.1. The Labute approximate surface area is 174 Å². The monoisotopic (exact) mass is 413 g/mol. The van der Waals surface area contributed by atoms with E-state index in [1.54, 1.807) is 37.0 Å². The van der Waals surface area contributed by atoms with Gasteiger partial charge in [0.15, 0.2) is 5.65 Å². The van der Waals surface area contributed by atoms with E-state index in [4.69, 9.17) is 9.84 Å². The van der Waals surface area contributed by atoms with E-state index in [-0.39, 0.29) is 18.6 Å². The maximum absolute atomic E-state index is 12.9. The van der Waals surface area contributed by atoms with Crippen molar-refractivity contribution in [2.24, 2.45) is 0 Å². The fourth-order valence-electron chi connectivity index (χ4n) is 3.13. The molecule has 10 heteroatoms. The normalized spacial score (nSPS) is 11.9. The van der Waals surface area contributed by atoms with Crippen LogP contribution in [0.15, 0.2) is 30.6 Å². The highest BCUT2D eigenvalue weighted by atomic mass is 16.5. The minimum atomic E-state index is -0.250. The van der Waals surface area contributed by atoms with Crippen LogP contribution in [0.3, 0.4) is 0 Å². The molecule has 0 bridgehead atoms. The van der Waals surface area contributed by atoms with Crippen LogP contribution >= 0.6 is 0 Å². The lowest BCUT2D eigenvalue weighted by Gasteiger charge is -2.16. The number of fused-ring (bicyclic) bond motifs is 1. The first-order valence-electron chi connectivity index (χ1n) is 9.85. The average Bonchev–Trinajstić information content (AvgIpc) is 3.20. The number of rotatable bonds is 10. The number of pyridine rings is 1. The highest BCUT2D eigenvalue weighted by molar-refractivity contribution is 6.00. The third kappa shape index (κ3) is 4.60. The second-order valence-electron chi connectivity index (χ2n) is 6.70. The van der Waals surface area contributed by atoms with E-state index in [0.29, 0.717) is 47.3 Å². The second kappa shape index (κ2) is 9.88. The van der Waals surface area contributed by atoms with E-state index >= 15 is 0 Å². The van der Waals surface area contributed by atoms with Gasteiger partial charge in [0, 0.05) is 32.0 Å². The van der Waals surface area contributed by atoms with Crippen molar-refractivity contribution in [2.45, 2.75) is 32.2 Å². The van der Waals surface area contributed by atoms with Crippen molar-refractivity contribution in [1.82, 2.24) is 24.9 Å². The number of carbonyl (C=O) groups excluding carboxylic acids is 1. The summed E-state index contributed by atoms with van der Waals surface area (Å²) in [6.07, 6.45) is 5.26. The van der Waals surface area contributed by atoms with Crippen molar-refractivity contribution in [1.29, 1.82) is 0 Å². The highest BCUT2D eigenvalue weighted by Crippen LogP contribution is 2.26. The van der Waals surface area contributed by atoms with E-state index in [1.807, 2.05) is 13.0 Å². The fraction of sp³-hybridized carbons (Fsp3) is 0.400. The summed E-state index contributed by atoms with van der Waals surface area (Å²) in [5, 5.41) is 22.6. The van der Waals surface area contributed by atoms with Crippen LogP contribution in [0.5, 0.6) is 5.88 Å². The molecular formula is C20H27N7O3. The summed E-state index contributed by atoms with van der Waals surface area (Å²) in [6, 6.07) is 5.37. The Kier molecular flexibility index (Phi) is 7.02. The van der Waals surface area contributed by atoms with E-state index in [1.165, 1.54) is 6.20 Å². The summed E-state index contributed by atoms with van der Waals surface area (Å²) in [4.78, 5) is 21.7. The summed E-state index contributed by atoms with van der Waals surface area (Å²) in [5.41, 5.74) is 1.44. The van der Waals surface area contributed by atoms with Crippen LogP contribution in [0.25, 0.3) is 5.65 Å². The van der Waals surface area contributed by atoms with Crippen molar-refractivity contribution >= 4 is 28.9 Å². The molecule has 1 unspecified atom stereocenters. The number of aromatic nitrogens is 4. The number of hydrogen-bond acceptors (Lipinski definition) is 8. The molecule has 160 valence electrons. The Morgan fingerprint density at radius 2 is 2.23 bits per heavy atom. The number of aliphatic hydroxyl groups is 1. The molecule has 0 fully saturated rings. The Hall–Kier alpha value is -3.40. The van der Waals surface area contributed by atoms with E-state index in [2.05, 4.69) is 31.0 Å². The summed E-state index contributed by atoms with van der Waals surface area (Å²) in [6.45, 7) is 2.10. The third-order valence-corrected chi connectivity index (χ3v) is 4.74. The SMILES string of the molecule is CCC(CCCO)NC(=O)c1cnn2c(NC)cc(Nc3cccnc3OC)nc12. The number of amides is 1. The van der Waals surface area contributed by atoms with Gasteiger partial charge in [-0.3, -0.25) is 4.79 Å². The molecular weight excluding hydrogens is 386 g/mol. The molecule has 30 heavy (non-hydrogen) atoms. The predicted molar refractivity (Wildman–Crippen MR) is 114 cm³/mol. The number of nitrogens with one attached hydrogen (secondary N) is 3. The Morgan fingerprint density at radius 1 is 1.40 bits per heavy atom. The lowest BCUT2D eigenvalue weighted by molar-refractivity contribution is 0.0933. The minimum absolute atomic E-state index is 0.0238. The van der Waals surface area contributed by atoms with Crippen molar-refractivity contribution < 1.29 is 14.6 Å². The van der Waals surface area contributed by atoms with Gasteiger partial charge >= 0.3 is 0 Å². The summed E-state index contributed by atoms with van der Waals surface area (Å²) in [5.74, 6) is 1.36. The van der Waals surface area contributed by atoms with Gasteiger partial charge in [-0.25, -0.2) is 9.97 Å². The van der Waals surface area contributed by atoms with Gasteiger partial charge in [-0.15, -0.1) is 0 Å². The maximum Gasteiger partial charge on any atom is 0.256 e. The van der Waals surface area contributed by atoms with E-state index < -0.39 is 0 Å². The Morgan fingerprint density at radius 3 is 2.93 bits per heavy atom. The molecule has 0 aromatic carbocycles. The molecule has 0 aliphatic carbocycles. The van der Waals surface area contributed by atoms with Gasteiger partial charge in [0.2, 0.25) is 5.88 Å². The molecule has 0 radical (unpaired) electrons. The number of carbonyl (C=O) groups is 1. The number of anilines is 3. The molecule has 1 atom stereocenters. The predicted octanol–water partition coefficient (Wildman–Crippen LogP) is 2.20. The van der Waals surface area contributed by atoms with Crippen LogP contribution in [-0.2, 0) is 0 Å². The zero-order chi connectivity index (χ0) is 21.5. The van der Waals surface area contributed by atoms with Crippen molar-refractivity contribution in [3.63, 3.8) is 0 Å². The molecule has 0 aliphatic heterocycles. The number of hydrogen-bond donors (Lipinski definition) is 4. The average molecular weight is 413 g/mol. The smallest absolute Gasteiger partial charge is 0.256 e. The van der Waals surface area contributed by atoms with Gasteiger partial charge in [0.05, 0.1) is 13.3 Å². The minimum Gasteiger partial charge on any atom is -0.480 e. The van der Waals surface area contributed by atoms with Gasteiger partial charge in [0.25, 0.3) is 5.91 Å². The largest absolute Gasteiger partial charge is 0.480 e. The first-order chi connectivity index (χ1) is 14.6. The van der Waals surface area contributed by atoms with Crippen LogP contribution in [0.1, 0.15) is 36.5 Å². The Balaban J connectivity index is 1.93. The van der Waals surface area contributed by atoms with Crippen LogP contribution in [0.4, 0.5) is 17.3 Å². The van der Waals surface area contributed by atoms with Gasteiger partial charge < -0.3 is 25.8 Å². The number of methoxy groups -OCH3 is 1. The topological polar surface area (TPSA) is 126 Å². The van der Waals surface area contributed by atoms with Gasteiger partial charge in [-0.05, 0) is 31.4 Å². The second-order valence-corrected chi connectivity index (χ2v) is 6.70. The van der Waals surface area contributed by atoms with Crippen molar-refractivity contribution in [3.8, 4) is 5.88 Å². The highest BCUT2D eigenvalue weighted by Gasteiger charge is 2.19.